The first kappa shape index (κ1) is 10.6. The van der Waals surface area contributed by atoms with Gasteiger partial charge in [-0.05, 0) is 18.2 Å². The molecule has 1 heterocycles. The Bertz CT molecular complexity index is 364. The standard InChI is InChI=1S/C11H14ClNO2/c1-11(6-15-7-11)5-13-8-2-3-10(14)9(12)4-8/h2-4,13-14H,5-7H2,1H3. The first-order valence-electron chi connectivity index (χ1n) is 4.89. The second-order valence-electron chi connectivity index (χ2n) is 4.32. The lowest BCUT2D eigenvalue weighted by atomic mass is 9.89. The molecule has 2 rings (SSSR count). The third-order valence-corrected chi connectivity index (χ3v) is 2.87. The molecule has 82 valence electrons. The highest BCUT2D eigenvalue weighted by Gasteiger charge is 2.32. The molecule has 0 spiro atoms. The summed E-state index contributed by atoms with van der Waals surface area (Å²) in [6.45, 7) is 4.62. The third kappa shape index (κ3) is 2.36. The maximum Gasteiger partial charge on any atom is 0.134 e. The van der Waals surface area contributed by atoms with E-state index in [1.807, 2.05) is 6.07 Å². The smallest absolute Gasteiger partial charge is 0.134 e. The summed E-state index contributed by atoms with van der Waals surface area (Å²) in [5.74, 6) is 0.111. The minimum absolute atomic E-state index is 0.111. The summed E-state index contributed by atoms with van der Waals surface area (Å²) in [5, 5.41) is 12.9. The van der Waals surface area contributed by atoms with Gasteiger partial charge in [0.1, 0.15) is 5.75 Å². The number of nitrogens with one attached hydrogen (secondary N) is 1. The summed E-state index contributed by atoms with van der Waals surface area (Å²) in [4.78, 5) is 0. The fourth-order valence-corrected chi connectivity index (χ4v) is 1.67. The Morgan fingerprint density at radius 1 is 1.53 bits per heavy atom. The molecular weight excluding hydrogens is 214 g/mol. The predicted molar refractivity (Wildman–Crippen MR) is 60.5 cm³/mol. The molecule has 15 heavy (non-hydrogen) atoms. The maximum absolute atomic E-state index is 9.25. The van der Waals surface area contributed by atoms with Crippen molar-refractivity contribution in [1.29, 1.82) is 0 Å². The molecule has 1 saturated heterocycles. The van der Waals surface area contributed by atoms with Crippen LogP contribution in [0.4, 0.5) is 5.69 Å². The molecule has 0 aliphatic carbocycles. The number of ether oxygens (including phenoxy) is 1. The molecule has 0 aromatic heterocycles. The highest BCUT2D eigenvalue weighted by molar-refractivity contribution is 6.32. The molecule has 4 heteroatoms. The van der Waals surface area contributed by atoms with Crippen LogP contribution in [0.1, 0.15) is 6.92 Å². The molecular formula is C11H14ClNO2. The molecule has 1 aromatic rings. The first-order chi connectivity index (χ1) is 7.09. The van der Waals surface area contributed by atoms with E-state index in [4.69, 9.17) is 16.3 Å². The fraction of sp³-hybridized carbons (Fsp3) is 0.455. The summed E-state index contributed by atoms with van der Waals surface area (Å²) >= 11 is 5.80. The van der Waals surface area contributed by atoms with Crippen molar-refractivity contribution in [2.75, 3.05) is 25.1 Å². The van der Waals surface area contributed by atoms with Crippen LogP contribution in [0.2, 0.25) is 5.02 Å². The van der Waals surface area contributed by atoms with Crippen LogP contribution >= 0.6 is 11.6 Å². The zero-order valence-corrected chi connectivity index (χ0v) is 9.34. The van der Waals surface area contributed by atoms with Crippen LogP contribution in [-0.2, 0) is 4.74 Å². The van der Waals surface area contributed by atoms with E-state index in [2.05, 4.69) is 12.2 Å². The summed E-state index contributed by atoms with van der Waals surface area (Å²) in [6.07, 6.45) is 0. The molecule has 0 bridgehead atoms. The van der Waals surface area contributed by atoms with Gasteiger partial charge >= 0.3 is 0 Å². The van der Waals surface area contributed by atoms with Crippen LogP contribution < -0.4 is 5.32 Å². The normalized spacial score (nSPS) is 18.3. The van der Waals surface area contributed by atoms with Crippen molar-refractivity contribution in [2.24, 2.45) is 5.41 Å². The zero-order chi connectivity index (χ0) is 10.9. The van der Waals surface area contributed by atoms with Crippen LogP contribution in [0.15, 0.2) is 18.2 Å². The topological polar surface area (TPSA) is 41.5 Å². The Balaban J connectivity index is 1.96. The van der Waals surface area contributed by atoms with Gasteiger partial charge < -0.3 is 15.2 Å². The van der Waals surface area contributed by atoms with Gasteiger partial charge in [-0.25, -0.2) is 0 Å². The van der Waals surface area contributed by atoms with Crippen LogP contribution in [0.5, 0.6) is 5.75 Å². The predicted octanol–water partition coefficient (Wildman–Crippen LogP) is 2.49. The Kier molecular flexibility index (Phi) is 2.76. The van der Waals surface area contributed by atoms with E-state index in [1.165, 1.54) is 0 Å². The highest BCUT2D eigenvalue weighted by Crippen LogP contribution is 2.29. The number of hydrogen-bond donors (Lipinski definition) is 2. The van der Waals surface area contributed by atoms with Gasteiger partial charge in [0, 0.05) is 17.6 Å². The molecule has 0 radical (unpaired) electrons. The van der Waals surface area contributed by atoms with Gasteiger partial charge in [-0.1, -0.05) is 18.5 Å². The number of rotatable bonds is 3. The van der Waals surface area contributed by atoms with Crippen LogP contribution in [0.25, 0.3) is 0 Å². The number of halogens is 1. The molecule has 3 nitrogen and oxygen atoms in total. The average molecular weight is 228 g/mol. The van der Waals surface area contributed by atoms with Gasteiger partial charge in [-0.15, -0.1) is 0 Å². The van der Waals surface area contributed by atoms with Gasteiger partial charge in [0.05, 0.1) is 18.2 Å². The van der Waals surface area contributed by atoms with E-state index in [0.717, 1.165) is 25.4 Å². The van der Waals surface area contributed by atoms with Crippen molar-refractivity contribution >= 4 is 17.3 Å². The van der Waals surface area contributed by atoms with Crippen molar-refractivity contribution in [2.45, 2.75) is 6.92 Å². The summed E-state index contributed by atoms with van der Waals surface area (Å²) in [6, 6.07) is 5.12. The van der Waals surface area contributed by atoms with E-state index in [0.29, 0.717) is 5.02 Å². The Hall–Kier alpha value is -0.930. The first-order valence-corrected chi connectivity index (χ1v) is 5.27. The Morgan fingerprint density at radius 2 is 2.27 bits per heavy atom. The third-order valence-electron chi connectivity index (χ3n) is 2.57. The Labute approximate surface area is 94.0 Å². The van der Waals surface area contributed by atoms with E-state index in [9.17, 15) is 5.11 Å². The molecule has 0 saturated carbocycles. The summed E-state index contributed by atoms with van der Waals surface area (Å²) in [5.41, 5.74) is 1.15. The molecule has 0 amide bonds. The average Bonchev–Trinajstić information content (AvgIpc) is 2.17. The lowest BCUT2D eigenvalue weighted by Crippen LogP contribution is -2.45. The number of benzene rings is 1. The van der Waals surface area contributed by atoms with Gasteiger partial charge in [-0.2, -0.15) is 0 Å². The molecule has 1 aliphatic heterocycles. The second kappa shape index (κ2) is 3.91. The van der Waals surface area contributed by atoms with Crippen LogP contribution in [0, 0.1) is 5.41 Å². The summed E-state index contributed by atoms with van der Waals surface area (Å²) in [7, 11) is 0. The largest absolute Gasteiger partial charge is 0.506 e. The van der Waals surface area contributed by atoms with Crippen LogP contribution in [-0.4, -0.2) is 24.9 Å². The van der Waals surface area contributed by atoms with E-state index in [1.54, 1.807) is 12.1 Å². The maximum atomic E-state index is 9.25. The molecule has 0 unspecified atom stereocenters. The van der Waals surface area contributed by atoms with E-state index in [-0.39, 0.29) is 11.2 Å². The minimum Gasteiger partial charge on any atom is -0.506 e. The second-order valence-corrected chi connectivity index (χ2v) is 4.73. The number of phenols is 1. The quantitative estimate of drug-likeness (QED) is 0.780. The van der Waals surface area contributed by atoms with Crippen molar-refractivity contribution in [3.05, 3.63) is 23.2 Å². The SMILES string of the molecule is CC1(CNc2ccc(O)c(Cl)c2)COC1. The molecule has 1 aliphatic rings. The summed E-state index contributed by atoms with van der Waals surface area (Å²) < 4.78 is 5.16. The van der Waals surface area contributed by atoms with Gasteiger partial charge in [0.2, 0.25) is 0 Å². The van der Waals surface area contributed by atoms with Crippen molar-refractivity contribution < 1.29 is 9.84 Å². The van der Waals surface area contributed by atoms with Crippen LogP contribution in [0.3, 0.4) is 0 Å². The monoisotopic (exact) mass is 227 g/mol. The van der Waals surface area contributed by atoms with Crippen molar-refractivity contribution in [3.63, 3.8) is 0 Å². The minimum atomic E-state index is 0.111. The molecule has 2 N–H and O–H groups in total. The zero-order valence-electron chi connectivity index (χ0n) is 8.59. The van der Waals surface area contributed by atoms with E-state index >= 15 is 0 Å². The highest BCUT2D eigenvalue weighted by atomic mass is 35.5. The van der Waals surface area contributed by atoms with Crippen molar-refractivity contribution in [3.8, 4) is 5.75 Å². The number of aromatic hydroxyl groups is 1. The lowest BCUT2D eigenvalue weighted by Gasteiger charge is -2.38. The molecule has 1 fully saturated rings. The van der Waals surface area contributed by atoms with Gasteiger partial charge in [0.25, 0.3) is 0 Å². The van der Waals surface area contributed by atoms with E-state index < -0.39 is 0 Å². The van der Waals surface area contributed by atoms with Gasteiger partial charge in [-0.3, -0.25) is 0 Å². The lowest BCUT2D eigenvalue weighted by molar-refractivity contribution is -0.0924. The number of phenolic OH excluding ortho intramolecular Hbond substituents is 1. The fourth-order valence-electron chi connectivity index (χ4n) is 1.48. The number of anilines is 1. The Morgan fingerprint density at radius 3 is 2.80 bits per heavy atom. The number of hydrogen-bond acceptors (Lipinski definition) is 3. The van der Waals surface area contributed by atoms with Gasteiger partial charge in [0.15, 0.2) is 0 Å². The van der Waals surface area contributed by atoms with Crippen molar-refractivity contribution in [1.82, 2.24) is 0 Å². The molecule has 1 aromatic carbocycles. The molecule has 0 atom stereocenters.